The number of fused-ring (bicyclic) bond motifs is 2. The van der Waals surface area contributed by atoms with Gasteiger partial charge < -0.3 is 5.73 Å². The molecule has 2 N–H and O–H groups in total. The van der Waals surface area contributed by atoms with Gasteiger partial charge in [-0.1, -0.05) is 13.8 Å². The molecule has 9 unspecified atom stereocenters. The molecule has 0 heterocycles. The van der Waals surface area contributed by atoms with E-state index >= 15 is 0 Å². The average Bonchev–Trinajstić information content (AvgIpc) is 2.81. The Hall–Kier alpha value is -0.0400. The second-order valence-corrected chi connectivity index (χ2v) is 6.85. The molecule has 0 aromatic rings. The van der Waals surface area contributed by atoms with Crippen molar-refractivity contribution in [2.75, 3.05) is 0 Å². The maximum absolute atomic E-state index is 6.48. The van der Waals surface area contributed by atoms with E-state index in [1.807, 2.05) is 0 Å². The lowest BCUT2D eigenvalue weighted by atomic mass is 9.57. The third-order valence-corrected chi connectivity index (χ3v) is 6.43. The van der Waals surface area contributed by atoms with Crippen molar-refractivity contribution in [1.29, 1.82) is 0 Å². The first kappa shape index (κ1) is 8.15. The molecule has 0 aliphatic heterocycles. The quantitative estimate of drug-likeness (QED) is 0.675. The smallest absolute Gasteiger partial charge is 0.0194 e. The lowest BCUT2D eigenvalue weighted by molar-refractivity contribution is 0.0182. The highest BCUT2D eigenvalue weighted by Gasteiger charge is 2.77. The maximum Gasteiger partial charge on any atom is 0.0194 e. The van der Waals surface area contributed by atoms with Gasteiger partial charge in [-0.05, 0) is 60.7 Å². The summed E-state index contributed by atoms with van der Waals surface area (Å²) >= 11 is 0. The molecule has 4 fully saturated rings. The van der Waals surface area contributed by atoms with Crippen LogP contribution in [0.1, 0.15) is 27.2 Å². The topological polar surface area (TPSA) is 26.0 Å². The molecule has 0 saturated heterocycles. The van der Waals surface area contributed by atoms with Crippen molar-refractivity contribution in [1.82, 2.24) is 0 Å². The second kappa shape index (κ2) is 1.93. The van der Waals surface area contributed by atoms with Crippen LogP contribution in [0.2, 0.25) is 0 Å². The van der Waals surface area contributed by atoms with Crippen LogP contribution in [-0.2, 0) is 0 Å². The van der Waals surface area contributed by atoms with Crippen LogP contribution < -0.4 is 5.73 Å². The van der Waals surface area contributed by atoms with Gasteiger partial charge in [0.25, 0.3) is 0 Å². The van der Waals surface area contributed by atoms with E-state index in [0.717, 1.165) is 47.3 Å². The molecular weight excluding hydrogens is 170 g/mol. The Morgan fingerprint density at radius 2 is 1.71 bits per heavy atom. The number of rotatable bonds is 1. The van der Waals surface area contributed by atoms with Crippen LogP contribution in [0.3, 0.4) is 0 Å². The van der Waals surface area contributed by atoms with E-state index in [1.165, 1.54) is 6.42 Å². The predicted molar refractivity (Wildman–Crippen MR) is 56.5 cm³/mol. The van der Waals surface area contributed by atoms with E-state index in [1.54, 1.807) is 0 Å². The fourth-order valence-corrected chi connectivity index (χ4v) is 5.61. The minimum atomic E-state index is 0.210. The van der Waals surface area contributed by atoms with E-state index in [-0.39, 0.29) is 5.54 Å². The molecule has 4 saturated carbocycles. The van der Waals surface area contributed by atoms with Gasteiger partial charge in [0, 0.05) is 5.54 Å². The third-order valence-electron chi connectivity index (χ3n) is 6.43. The first-order valence-electron chi connectivity index (χ1n) is 6.34. The predicted octanol–water partition coefficient (Wildman–Crippen LogP) is 2.12. The largest absolute Gasteiger partial charge is 0.325 e. The van der Waals surface area contributed by atoms with Crippen LogP contribution in [-0.4, -0.2) is 5.54 Å². The standard InChI is InChI=1S/C13H21N/c1-5-7-4-8(9(5)7)12-10-6(2)11(10)13(12,3)14/h5-12H,4,14H2,1-3H3. The molecule has 1 nitrogen and oxygen atoms in total. The number of nitrogens with two attached hydrogens (primary N) is 1. The molecule has 14 heavy (non-hydrogen) atoms. The highest BCUT2D eigenvalue weighted by atomic mass is 14.9. The molecule has 0 aromatic heterocycles. The molecule has 0 spiro atoms. The Kier molecular flexibility index (Phi) is 1.13. The molecule has 0 bridgehead atoms. The second-order valence-electron chi connectivity index (χ2n) is 6.85. The van der Waals surface area contributed by atoms with Crippen molar-refractivity contribution in [3.63, 3.8) is 0 Å². The van der Waals surface area contributed by atoms with E-state index in [9.17, 15) is 0 Å². The molecule has 4 aliphatic rings. The van der Waals surface area contributed by atoms with Crippen LogP contribution in [0.4, 0.5) is 0 Å². The summed E-state index contributed by atoms with van der Waals surface area (Å²) in [5.41, 5.74) is 6.69. The first-order valence-corrected chi connectivity index (χ1v) is 6.34. The Balaban J connectivity index is 1.57. The van der Waals surface area contributed by atoms with Gasteiger partial charge in [0.2, 0.25) is 0 Å². The van der Waals surface area contributed by atoms with Crippen molar-refractivity contribution in [3.8, 4) is 0 Å². The summed E-state index contributed by atoms with van der Waals surface area (Å²) in [6, 6.07) is 0. The van der Waals surface area contributed by atoms with Crippen molar-refractivity contribution >= 4 is 0 Å². The van der Waals surface area contributed by atoms with E-state index < -0.39 is 0 Å². The highest BCUT2D eigenvalue weighted by molar-refractivity contribution is 5.28. The van der Waals surface area contributed by atoms with Crippen LogP contribution in [0.25, 0.3) is 0 Å². The fraction of sp³-hybridized carbons (Fsp3) is 1.00. The minimum Gasteiger partial charge on any atom is -0.325 e. The summed E-state index contributed by atoms with van der Waals surface area (Å²) in [5, 5.41) is 0. The Morgan fingerprint density at radius 3 is 2.07 bits per heavy atom. The third kappa shape index (κ3) is 0.625. The maximum atomic E-state index is 6.48. The molecule has 4 aliphatic carbocycles. The zero-order valence-electron chi connectivity index (χ0n) is 9.40. The average molecular weight is 191 g/mol. The summed E-state index contributed by atoms with van der Waals surface area (Å²) in [7, 11) is 0. The minimum absolute atomic E-state index is 0.210. The Morgan fingerprint density at radius 1 is 1.00 bits per heavy atom. The van der Waals surface area contributed by atoms with Gasteiger partial charge in [-0.25, -0.2) is 0 Å². The normalized spacial score (nSPS) is 78.0. The number of hydrogen-bond acceptors (Lipinski definition) is 1. The van der Waals surface area contributed by atoms with Crippen LogP contribution >= 0.6 is 0 Å². The molecule has 0 amide bonds. The van der Waals surface area contributed by atoms with Gasteiger partial charge in [-0.2, -0.15) is 0 Å². The molecule has 9 atom stereocenters. The van der Waals surface area contributed by atoms with Gasteiger partial charge in [-0.15, -0.1) is 0 Å². The fourth-order valence-electron chi connectivity index (χ4n) is 5.61. The molecule has 78 valence electrons. The molecule has 1 heteroatoms. The zero-order chi connectivity index (χ0) is 9.83. The van der Waals surface area contributed by atoms with E-state index in [0.29, 0.717) is 0 Å². The molecule has 0 radical (unpaired) electrons. The van der Waals surface area contributed by atoms with Crippen molar-refractivity contribution in [2.24, 2.45) is 53.1 Å². The first-order chi connectivity index (χ1) is 6.55. The summed E-state index contributed by atoms with van der Waals surface area (Å²) in [6.07, 6.45) is 1.51. The SMILES string of the molecule is CC1C2CC(C3C4C(C)C4C3(C)N)C12. The molecule has 0 aromatic carbocycles. The van der Waals surface area contributed by atoms with Crippen LogP contribution in [0.15, 0.2) is 0 Å². The lowest BCUT2D eigenvalue weighted by Crippen LogP contribution is -2.59. The van der Waals surface area contributed by atoms with Gasteiger partial charge in [-0.3, -0.25) is 0 Å². The van der Waals surface area contributed by atoms with Gasteiger partial charge in [0.15, 0.2) is 0 Å². The van der Waals surface area contributed by atoms with Gasteiger partial charge >= 0.3 is 0 Å². The molecular formula is C13H21N. The molecule has 4 rings (SSSR count). The zero-order valence-corrected chi connectivity index (χ0v) is 9.40. The van der Waals surface area contributed by atoms with Crippen molar-refractivity contribution in [3.05, 3.63) is 0 Å². The van der Waals surface area contributed by atoms with Crippen molar-refractivity contribution in [2.45, 2.75) is 32.7 Å². The van der Waals surface area contributed by atoms with Crippen LogP contribution in [0.5, 0.6) is 0 Å². The Bertz CT molecular complexity index is 304. The van der Waals surface area contributed by atoms with Gasteiger partial charge in [0.1, 0.15) is 0 Å². The summed E-state index contributed by atoms with van der Waals surface area (Å²) in [5.74, 6) is 8.04. The van der Waals surface area contributed by atoms with Gasteiger partial charge in [0.05, 0.1) is 0 Å². The van der Waals surface area contributed by atoms with Crippen LogP contribution in [0, 0.1) is 47.3 Å². The highest BCUT2D eigenvalue weighted by Crippen LogP contribution is 2.78. The van der Waals surface area contributed by atoms with E-state index in [4.69, 9.17) is 5.73 Å². The summed E-state index contributed by atoms with van der Waals surface area (Å²) in [4.78, 5) is 0. The summed E-state index contributed by atoms with van der Waals surface area (Å²) < 4.78 is 0. The van der Waals surface area contributed by atoms with E-state index in [2.05, 4.69) is 20.8 Å². The summed E-state index contributed by atoms with van der Waals surface area (Å²) in [6.45, 7) is 7.17. The lowest BCUT2D eigenvalue weighted by Gasteiger charge is -2.50. The van der Waals surface area contributed by atoms with Crippen molar-refractivity contribution < 1.29 is 0 Å². The number of hydrogen-bond donors (Lipinski definition) is 1. The monoisotopic (exact) mass is 191 g/mol. The Labute approximate surface area is 86.4 Å².